The molecule has 3 heterocycles. The van der Waals surface area contributed by atoms with Crippen molar-refractivity contribution in [1.29, 1.82) is 0 Å². The van der Waals surface area contributed by atoms with Crippen LogP contribution in [0.15, 0.2) is 24.5 Å². The second kappa shape index (κ2) is 4.71. The molecule has 3 rings (SSSR count). The highest BCUT2D eigenvalue weighted by Gasteiger charge is 2.21. The molecule has 1 aliphatic rings. The van der Waals surface area contributed by atoms with Crippen LogP contribution >= 0.6 is 0 Å². The molecule has 0 amide bonds. The molecule has 1 saturated heterocycles. The van der Waals surface area contributed by atoms with E-state index < -0.39 is 0 Å². The molecule has 0 saturated carbocycles. The van der Waals surface area contributed by atoms with Crippen molar-refractivity contribution in [2.75, 3.05) is 13.6 Å². The summed E-state index contributed by atoms with van der Waals surface area (Å²) in [6.45, 7) is 1.80. The second-order valence-corrected chi connectivity index (χ2v) is 5.22. The lowest BCUT2D eigenvalue weighted by Gasteiger charge is -2.17. The van der Waals surface area contributed by atoms with Crippen LogP contribution in [-0.4, -0.2) is 33.9 Å². The van der Waals surface area contributed by atoms with E-state index in [1.165, 1.54) is 25.1 Å². The van der Waals surface area contributed by atoms with Gasteiger partial charge in [0.2, 0.25) is 0 Å². The minimum Gasteiger partial charge on any atom is -0.326 e. The number of likely N-dealkylation sites (tertiary alicyclic amines) is 1. The van der Waals surface area contributed by atoms with E-state index in [9.17, 15) is 0 Å². The van der Waals surface area contributed by atoms with Gasteiger partial charge < -0.3 is 15.0 Å². The van der Waals surface area contributed by atoms with E-state index in [4.69, 9.17) is 5.73 Å². The number of nitrogens with two attached hydrogens (primary N) is 1. The van der Waals surface area contributed by atoms with Gasteiger partial charge in [0.05, 0.1) is 5.69 Å². The Morgan fingerprint density at radius 3 is 3.00 bits per heavy atom. The Hall–Kier alpha value is -1.39. The third kappa shape index (κ3) is 2.13. The molecular weight excluding hydrogens is 224 g/mol. The van der Waals surface area contributed by atoms with Crippen LogP contribution in [0.4, 0.5) is 0 Å². The van der Waals surface area contributed by atoms with Crippen molar-refractivity contribution in [3.8, 4) is 0 Å². The van der Waals surface area contributed by atoms with Crippen molar-refractivity contribution in [2.45, 2.75) is 31.8 Å². The fourth-order valence-corrected chi connectivity index (χ4v) is 2.79. The lowest BCUT2D eigenvalue weighted by Crippen LogP contribution is -2.26. The van der Waals surface area contributed by atoms with Crippen molar-refractivity contribution in [1.82, 2.24) is 14.3 Å². The minimum absolute atomic E-state index is 0.578. The highest BCUT2D eigenvalue weighted by Crippen LogP contribution is 2.19. The number of imidazole rings is 1. The highest BCUT2D eigenvalue weighted by atomic mass is 15.1. The molecule has 1 fully saturated rings. The first-order chi connectivity index (χ1) is 8.76. The first-order valence-electron chi connectivity index (χ1n) is 6.63. The summed E-state index contributed by atoms with van der Waals surface area (Å²) in [4.78, 5) is 7.12. The number of nitrogens with zero attached hydrogens (tertiary/aromatic N) is 3. The molecule has 18 heavy (non-hydrogen) atoms. The molecule has 2 aromatic rings. The average Bonchev–Trinajstić information content (AvgIpc) is 2.95. The van der Waals surface area contributed by atoms with Crippen LogP contribution in [0.3, 0.4) is 0 Å². The Morgan fingerprint density at radius 2 is 2.28 bits per heavy atom. The van der Waals surface area contributed by atoms with Crippen molar-refractivity contribution >= 4 is 5.65 Å². The SMILES string of the molecule is CN1CCCC1Cc1cn2cc(CN)ccc2n1. The van der Waals surface area contributed by atoms with Gasteiger partial charge in [0, 0.05) is 31.4 Å². The first-order valence-corrected chi connectivity index (χ1v) is 6.63. The molecule has 96 valence electrons. The standard InChI is InChI=1S/C14H20N4/c1-17-6-2-3-13(17)7-12-10-18-9-11(8-15)4-5-14(18)16-12/h4-5,9-10,13H,2-3,6-8,15H2,1H3. The van der Waals surface area contributed by atoms with Crippen molar-refractivity contribution in [3.63, 3.8) is 0 Å². The Kier molecular flexibility index (Phi) is 3.06. The van der Waals surface area contributed by atoms with Crippen LogP contribution in [0, 0.1) is 0 Å². The molecule has 1 atom stereocenters. The van der Waals surface area contributed by atoms with E-state index in [0.29, 0.717) is 12.6 Å². The van der Waals surface area contributed by atoms with Gasteiger partial charge in [0.15, 0.2) is 0 Å². The number of likely N-dealkylation sites (N-methyl/N-ethyl adjacent to an activating group) is 1. The number of hydrogen-bond donors (Lipinski definition) is 1. The summed E-state index contributed by atoms with van der Waals surface area (Å²) >= 11 is 0. The lowest BCUT2D eigenvalue weighted by molar-refractivity contribution is 0.308. The summed E-state index contributed by atoms with van der Waals surface area (Å²) < 4.78 is 2.09. The van der Waals surface area contributed by atoms with Gasteiger partial charge in [0.25, 0.3) is 0 Å². The zero-order chi connectivity index (χ0) is 12.5. The van der Waals surface area contributed by atoms with E-state index in [0.717, 1.165) is 17.6 Å². The zero-order valence-corrected chi connectivity index (χ0v) is 10.8. The Morgan fingerprint density at radius 1 is 1.39 bits per heavy atom. The average molecular weight is 244 g/mol. The van der Waals surface area contributed by atoms with Gasteiger partial charge in [-0.3, -0.25) is 0 Å². The smallest absolute Gasteiger partial charge is 0.136 e. The highest BCUT2D eigenvalue weighted by molar-refractivity contribution is 5.41. The van der Waals surface area contributed by atoms with Gasteiger partial charge in [-0.2, -0.15) is 0 Å². The monoisotopic (exact) mass is 244 g/mol. The summed E-state index contributed by atoms with van der Waals surface area (Å²) in [6, 6.07) is 4.75. The van der Waals surface area contributed by atoms with Gasteiger partial charge in [-0.1, -0.05) is 6.07 Å². The van der Waals surface area contributed by atoms with Crippen LogP contribution in [0.25, 0.3) is 5.65 Å². The van der Waals surface area contributed by atoms with Gasteiger partial charge in [-0.25, -0.2) is 4.98 Å². The molecule has 4 nitrogen and oxygen atoms in total. The largest absolute Gasteiger partial charge is 0.326 e. The van der Waals surface area contributed by atoms with Crippen LogP contribution < -0.4 is 5.73 Å². The Labute approximate surface area is 107 Å². The number of fused-ring (bicyclic) bond motifs is 1. The second-order valence-electron chi connectivity index (χ2n) is 5.22. The van der Waals surface area contributed by atoms with Gasteiger partial charge in [0.1, 0.15) is 5.65 Å². The van der Waals surface area contributed by atoms with Crippen LogP contribution in [0.1, 0.15) is 24.1 Å². The predicted octanol–water partition coefficient (Wildman–Crippen LogP) is 1.43. The molecule has 1 aliphatic heterocycles. The summed E-state index contributed by atoms with van der Waals surface area (Å²) in [5, 5.41) is 0. The van der Waals surface area contributed by atoms with Gasteiger partial charge in [-0.05, 0) is 38.1 Å². The minimum atomic E-state index is 0.578. The third-order valence-electron chi connectivity index (χ3n) is 3.91. The van der Waals surface area contributed by atoms with Crippen molar-refractivity contribution in [2.24, 2.45) is 5.73 Å². The van der Waals surface area contributed by atoms with E-state index in [1.807, 2.05) is 12.1 Å². The zero-order valence-electron chi connectivity index (χ0n) is 10.8. The number of pyridine rings is 1. The molecule has 0 aliphatic carbocycles. The van der Waals surface area contributed by atoms with Crippen LogP contribution in [0.2, 0.25) is 0 Å². The molecule has 2 aromatic heterocycles. The van der Waals surface area contributed by atoms with E-state index in [2.05, 4.69) is 33.7 Å². The maximum absolute atomic E-state index is 5.66. The summed E-state index contributed by atoms with van der Waals surface area (Å²) in [5.41, 5.74) is 9.00. The summed E-state index contributed by atoms with van der Waals surface area (Å²) in [6.07, 6.45) is 7.87. The van der Waals surface area contributed by atoms with Crippen molar-refractivity contribution in [3.05, 3.63) is 35.8 Å². The number of aromatic nitrogens is 2. The van der Waals surface area contributed by atoms with Crippen LogP contribution in [-0.2, 0) is 13.0 Å². The number of hydrogen-bond acceptors (Lipinski definition) is 3. The Bertz CT molecular complexity index is 546. The van der Waals surface area contributed by atoms with Crippen molar-refractivity contribution < 1.29 is 0 Å². The molecule has 2 N–H and O–H groups in total. The van der Waals surface area contributed by atoms with Gasteiger partial charge in [-0.15, -0.1) is 0 Å². The molecule has 0 bridgehead atoms. The first kappa shape index (κ1) is 11.7. The molecule has 0 spiro atoms. The fraction of sp³-hybridized carbons (Fsp3) is 0.500. The molecule has 1 unspecified atom stereocenters. The Balaban J connectivity index is 1.84. The normalized spacial score (nSPS) is 20.9. The van der Waals surface area contributed by atoms with E-state index >= 15 is 0 Å². The topological polar surface area (TPSA) is 46.6 Å². The van der Waals surface area contributed by atoms with E-state index in [1.54, 1.807) is 0 Å². The molecule has 0 aromatic carbocycles. The maximum Gasteiger partial charge on any atom is 0.136 e. The van der Waals surface area contributed by atoms with Gasteiger partial charge >= 0.3 is 0 Å². The molecule has 4 heteroatoms. The molecule has 0 radical (unpaired) electrons. The molecular formula is C14H20N4. The fourth-order valence-electron chi connectivity index (χ4n) is 2.79. The summed E-state index contributed by atoms with van der Waals surface area (Å²) in [7, 11) is 2.21. The maximum atomic E-state index is 5.66. The number of rotatable bonds is 3. The van der Waals surface area contributed by atoms with Crippen LogP contribution in [0.5, 0.6) is 0 Å². The third-order valence-corrected chi connectivity index (χ3v) is 3.91. The predicted molar refractivity (Wildman–Crippen MR) is 72.4 cm³/mol. The summed E-state index contributed by atoms with van der Waals surface area (Å²) in [5.74, 6) is 0. The lowest BCUT2D eigenvalue weighted by atomic mass is 10.1. The van der Waals surface area contributed by atoms with E-state index in [-0.39, 0.29) is 0 Å². The quantitative estimate of drug-likeness (QED) is 0.888.